The van der Waals surface area contributed by atoms with Gasteiger partial charge < -0.3 is 9.64 Å². The van der Waals surface area contributed by atoms with Crippen molar-refractivity contribution in [2.24, 2.45) is 0 Å². The second-order valence-electron chi connectivity index (χ2n) is 7.19. The maximum Gasteiger partial charge on any atom is 0.240 e. The van der Waals surface area contributed by atoms with Gasteiger partial charge in [0.25, 0.3) is 0 Å². The molecule has 136 valence electrons. The van der Waals surface area contributed by atoms with Gasteiger partial charge in [-0.3, -0.25) is 14.7 Å². The maximum absolute atomic E-state index is 13.3. The number of benzene rings is 1. The molecule has 2 fully saturated rings. The van der Waals surface area contributed by atoms with Gasteiger partial charge in [-0.15, -0.1) is 0 Å². The molecule has 3 atom stereocenters. The van der Waals surface area contributed by atoms with Gasteiger partial charge in [-0.25, -0.2) is 0 Å². The van der Waals surface area contributed by atoms with Crippen LogP contribution in [-0.4, -0.2) is 59.1 Å². The highest BCUT2D eigenvalue weighted by atomic mass is 16.5. The fraction of sp³-hybridized carbons (Fsp3) is 0.429. The Morgan fingerprint density at radius 2 is 1.92 bits per heavy atom. The molecule has 0 saturated carbocycles. The first kappa shape index (κ1) is 17.2. The van der Waals surface area contributed by atoms with Gasteiger partial charge in [-0.2, -0.15) is 0 Å². The molecule has 26 heavy (non-hydrogen) atoms. The Labute approximate surface area is 154 Å². The fourth-order valence-electron chi connectivity index (χ4n) is 4.16. The molecule has 0 N–H and O–H groups in total. The number of amides is 1. The summed E-state index contributed by atoms with van der Waals surface area (Å²) in [7, 11) is 1.74. The second kappa shape index (κ2) is 7.56. The van der Waals surface area contributed by atoms with Crippen molar-refractivity contribution >= 4 is 5.91 Å². The molecule has 2 aromatic rings. The molecular formula is C21H25N3O2. The number of nitrogens with zero attached hydrogens (tertiary/aromatic N) is 3. The standard InChI is InChI=1S/C21H25N3O2/c1-26-19-12-18-14-23(13-17-9-5-6-10-22-17)20(21(25)24(18)15-19)11-16-7-3-2-4-8-16/h2-10,18-20H,11-15H2,1H3/t18-,19-,20-/m0/s1. The normalized spacial score (nSPS) is 26.1. The molecule has 0 spiro atoms. The Balaban J connectivity index is 1.58. The van der Waals surface area contributed by atoms with Crippen LogP contribution in [0, 0.1) is 0 Å². The van der Waals surface area contributed by atoms with Crippen LogP contribution in [0.4, 0.5) is 0 Å². The van der Waals surface area contributed by atoms with E-state index in [9.17, 15) is 4.79 Å². The van der Waals surface area contributed by atoms with Crippen molar-refractivity contribution in [3.63, 3.8) is 0 Å². The van der Waals surface area contributed by atoms with Crippen LogP contribution in [-0.2, 0) is 22.5 Å². The molecule has 0 unspecified atom stereocenters. The third-order valence-electron chi connectivity index (χ3n) is 5.53. The largest absolute Gasteiger partial charge is 0.380 e. The van der Waals surface area contributed by atoms with E-state index in [2.05, 4.69) is 22.0 Å². The minimum Gasteiger partial charge on any atom is -0.380 e. The number of carbonyl (C=O) groups is 1. The molecule has 2 aliphatic rings. The van der Waals surface area contributed by atoms with E-state index in [-0.39, 0.29) is 24.1 Å². The molecule has 0 bridgehead atoms. The van der Waals surface area contributed by atoms with Crippen molar-refractivity contribution in [3.8, 4) is 0 Å². The number of rotatable bonds is 5. The first-order valence-electron chi connectivity index (χ1n) is 9.25. The summed E-state index contributed by atoms with van der Waals surface area (Å²) < 4.78 is 5.53. The quantitative estimate of drug-likeness (QED) is 0.828. The lowest BCUT2D eigenvalue weighted by Gasteiger charge is -2.42. The summed E-state index contributed by atoms with van der Waals surface area (Å²) in [5.74, 6) is 0.223. The van der Waals surface area contributed by atoms with Crippen molar-refractivity contribution in [3.05, 3.63) is 66.0 Å². The van der Waals surface area contributed by atoms with E-state index in [1.165, 1.54) is 5.56 Å². The van der Waals surface area contributed by atoms with Gasteiger partial charge in [0, 0.05) is 39.0 Å². The summed E-state index contributed by atoms with van der Waals surface area (Å²) in [6, 6.07) is 16.3. The van der Waals surface area contributed by atoms with E-state index < -0.39 is 0 Å². The molecule has 0 aliphatic carbocycles. The molecule has 1 amide bonds. The van der Waals surface area contributed by atoms with Crippen LogP contribution in [0.25, 0.3) is 0 Å². The van der Waals surface area contributed by atoms with Gasteiger partial charge in [-0.05, 0) is 30.5 Å². The summed E-state index contributed by atoms with van der Waals surface area (Å²) in [5.41, 5.74) is 2.20. The molecule has 1 aromatic heterocycles. The van der Waals surface area contributed by atoms with Crippen molar-refractivity contribution in [2.75, 3.05) is 20.2 Å². The zero-order chi connectivity index (χ0) is 17.9. The molecule has 5 heteroatoms. The third kappa shape index (κ3) is 3.50. The number of pyridine rings is 1. The van der Waals surface area contributed by atoms with Crippen LogP contribution in [0.15, 0.2) is 54.7 Å². The molecule has 0 radical (unpaired) electrons. The Kier molecular flexibility index (Phi) is 5.00. The minimum absolute atomic E-state index is 0.147. The van der Waals surface area contributed by atoms with E-state index >= 15 is 0 Å². The first-order chi connectivity index (χ1) is 12.7. The Hall–Kier alpha value is -2.24. The Morgan fingerprint density at radius 3 is 2.65 bits per heavy atom. The lowest BCUT2D eigenvalue weighted by Crippen LogP contribution is -2.60. The number of methoxy groups -OCH3 is 1. The highest BCUT2D eigenvalue weighted by Gasteiger charge is 2.45. The molecular weight excluding hydrogens is 326 g/mol. The topological polar surface area (TPSA) is 45.7 Å². The average molecular weight is 351 g/mol. The SMILES string of the molecule is CO[C@H]1C[C@H]2CN(Cc3ccccn3)[C@@H](Cc3ccccc3)C(=O)N2C1. The molecule has 1 aromatic carbocycles. The van der Waals surface area contributed by atoms with Crippen LogP contribution in [0.3, 0.4) is 0 Å². The van der Waals surface area contributed by atoms with Gasteiger partial charge in [0.1, 0.15) is 0 Å². The summed E-state index contributed by atoms with van der Waals surface area (Å²) in [6.45, 7) is 2.29. The van der Waals surface area contributed by atoms with Gasteiger partial charge in [0.05, 0.1) is 17.8 Å². The number of hydrogen-bond acceptors (Lipinski definition) is 4. The van der Waals surface area contributed by atoms with Gasteiger partial charge in [-0.1, -0.05) is 36.4 Å². The summed E-state index contributed by atoms with van der Waals surface area (Å²) in [5, 5.41) is 0. The van der Waals surface area contributed by atoms with Crippen molar-refractivity contribution < 1.29 is 9.53 Å². The van der Waals surface area contributed by atoms with Gasteiger partial charge in [0.2, 0.25) is 5.91 Å². The summed E-state index contributed by atoms with van der Waals surface area (Å²) >= 11 is 0. The Morgan fingerprint density at radius 1 is 1.12 bits per heavy atom. The maximum atomic E-state index is 13.3. The number of fused-ring (bicyclic) bond motifs is 1. The smallest absolute Gasteiger partial charge is 0.240 e. The van der Waals surface area contributed by atoms with Crippen LogP contribution in [0.5, 0.6) is 0 Å². The second-order valence-corrected chi connectivity index (χ2v) is 7.19. The lowest BCUT2D eigenvalue weighted by molar-refractivity contribution is -0.144. The highest BCUT2D eigenvalue weighted by molar-refractivity contribution is 5.83. The van der Waals surface area contributed by atoms with E-state index in [1.807, 2.05) is 47.5 Å². The molecule has 2 aliphatic heterocycles. The minimum atomic E-state index is -0.147. The first-order valence-corrected chi connectivity index (χ1v) is 9.25. The van der Waals surface area contributed by atoms with Crippen LogP contribution >= 0.6 is 0 Å². The van der Waals surface area contributed by atoms with E-state index in [0.29, 0.717) is 13.1 Å². The van der Waals surface area contributed by atoms with Gasteiger partial charge >= 0.3 is 0 Å². The molecule has 4 rings (SSSR count). The summed E-state index contributed by atoms with van der Waals surface area (Å²) in [6.07, 6.45) is 3.61. The predicted octanol–water partition coefficient (Wildman–Crippen LogP) is 2.12. The van der Waals surface area contributed by atoms with Crippen LogP contribution in [0.1, 0.15) is 17.7 Å². The molecule has 3 heterocycles. The van der Waals surface area contributed by atoms with Crippen molar-refractivity contribution in [2.45, 2.75) is 37.6 Å². The number of hydrogen-bond donors (Lipinski definition) is 0. The number of ether oxygens (including phenoxy) is 1. The third-order valence-corrected chi connectivity index (χ3v) is 5.53. The molecule has 2 saturated heterocycles. The zero-order valence-corrected chi connectivity index (χ0v) is 15.1. The Bertz CT molecular complexity index is 737. The van der Waals surface area contributed by atoms with Crippen molar-refractivity contribution in [1.29, 1.82) is 0 Å². The molecule has 5 nitrogen and oxygen atoms in total. The lowest BCUT2D eigenvalue weighted by atomic mass is 9.98. The van der Waals surface area contributed by atoms with Gasteiger partial charge in [0.15, 0.2) is 0 Å². The van der Waals surface area contributed by atoms with Crippen molar-refractivity contribution in [1.82, 2.24) is 14.8 Å². The van der Waals surface area contributed by atoms with E-state index in [4.69, 9.17) is 4.74 Å². The van der Waals surface area contributed by atoms with Crippen LogP contribution in [0.2, 0.25) is 0 Å². The number of carbonyl (C=O) groups excluding carboxylic acids is 1. The highest BCUT2D eigenvalue weighted by Crippen LogP contribution is 2.29. The zero-order valence-electron chi connectivity index (χ0n) is 15.1. The average Bonchev–Trinajstić information content (AvgIpc) is 3.10. The monoisotopic (exact) mass is 351 g/mol. The van der Waals surface area contributed by atoms with E-state index in [0.717, 1.165) is 25.1 Å². The van der Waals surface area contributed by atoms with E-state index in [1.54, 1.807) is 7.11 Å². The fourth-order valence-corrected chi connectivity index (χ4v) is 4.16. The number of aromatic nitrogens is 1. The predicted molar refractivity (Wildman–Crippen MR) is 99.5 cm³/mol. The summed E-state index contributed by atoms with van der Waals surface area (Å²) in [4.78, 5) is 22.1. The van der Waals surface area contributed by atoms with Crippen LogP contribution < -0.4 is 0 Å². The number of piperazine rings is 1.